The van der Waals surface area contributed by atoms with E-state index >= 15 is 0 Å². The highest BCUT2D eigenvalue weighted by Gasteiger charge is 2.34. The number of hydrogen-bond donors (Lipinski definition) is 1. The number of amides is 1. The average molecular weight is 358 g/mol. The molecule has 1 atom stereocenters. The molecule has 0 aromatic carbocycles. The van der Waals surface area contributed by atoms with Crippen LogP contribution in [0.4, 0.5) is 5.82 Å². The number of aryl methyl sites for hydroxylation is 1. The molecule has 3 heterocycles. The van der Waals surface area contributed by atoms with Crippen molar-refractivity contribution < 1.29 is 4.79 Å². The first kappa shape index (κ1) is 17.7. The summed E-state index contributed by atoms with van der Waals surface area (Å²) in [4.78, 5) is 26.2. The van der Waals surface area contributed by atoms with Crippen molar-refractivity contribution >= 4 is 11.7 Å². The molecule has 1 amide bonds. The van der Waals surface area contributed by atoms with Crippen molar-refractivity contribution in [3.05, 3.63) is 17.6 Å². The van der Waals surface area contributed by atoms with Gasteiger partial charge in [-0.05, 0) is 58.9 Å². The first-order valence-electron chi connectivity index (χ1n) is 10.2. The molecule has 1 aromatic heterocycles. The van der Waals surface area contributed by atoms with Gasteiger partial charge in [-0.15, -0.1) is 0 Å². The van der Waals surface area contributed by atoms with Gasteiger partial charge >= 0.3 is 0 Å². The first-order valence-corrected chi connectivity index (χ1v) is 10.2. The van der Waals surface area contributed by atoms with Crippen LogP contribution in [0.25, 0.3) is 0 Å². The number of nitrogens with zero attached hydrogens (tertiary/aromatic N) is 4. The van der Waals surface area contributed by atoms with Gasteiger partial charge in [-0.2, -0.15) is 0 Å². The van der Waals surface area contributed by atoms with Crippen LogP contribution >= 0.6 is 0 Å². The number of likely N-dealkylation sites (tertiary alicyclic amines) is 1. The highest BCUT2D eigenvalue weighted by atomic mass is 16.2. The molecule has 1 aromatic rings. The highest BCUT2D eigenvalue weighted by molar-refractivity contribution is 5.79. The summed E-state index contributed by atoms with van der Waals surface area (Å²) in [7, 11) is 0. The summed E-state index contributed by atoms with van der Waals surface area (Å²) < 4.78 is 0. The molecule has 4 rings (SSSR count). The zero-order valence-electron chi connectivity index (χ0n) is 16.1. The maximum absolute atomic E-state index is 12.4. The van der Waals surface area contributed by atoms with E-state index in [0.29, 0.717) is 18.0 Å². The van der Waals surface area contributed by atoms with Crippen molar-refractivity contribution in [3.63, 3.8) is 0 Å². The molecule has 2 saturated heterocycles. The number of carbonyl (C=O) groups excluding carboxylic acids is 1. The Balaban J connectivity index is 1.32. The average Bonchev–Trinajstić information content (AvgIpc) is 3.48. The lowest BCUT2D eigenvalue weighted by Gasteiger charge is -2.42. The zero-order valence-corrected chi connectivity index (χ0v) is 16.1. The van der Waals surface area contributed by atoms with E-state index in [1.165, 1.54) is 18.4 Å². The smallest absolute Gasteiger partial charge is 0.224 e. The third-order valence-electron chi connectivity index (χ3n) is 6.34. The third kappa shape index (κ3) is 3.85. The predicted octanol–water partition coefficient (Wildman–Crippen LogP) is 2.05. The van der Waals surface area contributed by atoms with E-state index in [4.69, 9.17) is 0 Å². The molecular weight excluding hydrogens is 326 g/mol. The Morgan fingerprint density at radius 3 is 2.58 bits per heavy atom. The molecule has 1 saturated carbocycles. The van der Waals surface area contributed by atoms with Gasteiger partial charge < -0.3 is 10.2 Å². The van der Waals surface area contributed by atoms with E-state index in [-0.39, 0.29) is 5.92 Å². The summed E-state index contributed by atoms with van der Waals surface area (Å²) in [5.41, 5.74) is 2.26. The number of carbonyl (C=O) groups is 1. The Morgan fingerprint density at radius 1 is 1.08 bits per heavy atom. The van der Waals surface area contributed by atoms with Crippen LogP contribution in [0.1, 0.15) is 49.8 Å². The van der Waals surface area contributed by atoms with Crippen molar-refractivity contribution in [3.8, 4) is 0 Å². The van der Waals surface area contributed by atoms with E-state index in [1.54, 1.807) is 6.33 Å². The van der Waals surface area contributed by atoms with Gasteiger partial charge in [0.15, 0.2) is 0 Å². The van der Waals surface area contributed by atoms with Crippen LogP contribution in [0.3, 0.4) is 0 Å². The minimum atomic E-state index is 0.189. The lowest BCUT2D eigenvalue weighted by atomic mass is 9.93. The van der Waals surface area contributed by atoms with Crippen LogP contribution in [0, 0.1) is 19.8 Å². The Hall–Kier alpha value is -1.69. The SMILES string of the molecule is Cc1ncnc(N2CCC(N3CCCC(C(=O)NC4CC4)C3)CC2)c1C. The molecule has 6 nitrogen and oxygen atoms in total. The predicted molar refractivity (Wildman–Crippen MR) is 102 cm³/mol. The summed E-state index contributed by atoms with van der Waals surface area (Å²) in [6.07, 6.45) is 8.52. The summed E-state index contributed by atoms with van der Waals surface area (Å²) in [5.74, 6) is 1.58. The molecule has 1 unspecified atom stereocenters. The van der Waals surface area contributed by atoms with E-state index in [9.17, 15) is 4.79 Å². The quantitative estimate of drug-likeness (QED) is 0.894. The lowest BCUT2D eigenvalue weighted by molar-refractivity contribution is -0.127. The summed E-state index contributed by atoms with van der Waals surface area (Å²) >= 11 is 0. The number of hydrogen-bond acceptors (Lipinski definition) is 5. The molecular formula is C20H31N5O. The summed E-state index contributed by atoms with van der Waals surface area (Å²) in [5, 5.41) is 3.20. The van der Waals surface area contributed by atoms with Crippen molar-refractivity contribution in [2.75, 3.05) is 31.1 Å². The number of anilines is 1. The van der Waals surface area contributed by atoms with Gasteiger partial charge in [-0.3, -0.25) is 9.69 Å². The van der Waals surface area contributed by atoms with Crippen LogP contribution in [0.15, 0.2) is 6.33 Å². The van der Waals surface area contributed by atoms with Gasteiger partial charge in [0.05, 0.1) is 5.92 Å². The first-order chi connectivity index (χ1) is 12.6. The largest absolute Gasteiger partial charge is 0.356 e. The summed E-state index contributed by atoms with van der Waals surface area (Å²) in [6.45, 7) is 8.32. The second-order valence-corrected chi connectivity index (χ2v) is 8.24. The minimum absolute atomic E-state index is 0.189. The van der Waals surface area contributed by atoms with Gasteiger partial charge in [0.1, 0.15) is 12.1 Å². The molecule has 2 aliphatic heterocycles. The maximum Gasteiger partial charge on any atom is 0.224 e. The van der Waals surface area contributed by atoms with E-state index < -0.39 is 0 Å². The molecule has 3 fully saturated rings. The van der Waals surface area contributed by atoms with Crippen molar-refractivity contribution in [1.29, 1.82) is 0 Å². The summed E-state index contributed by atoms with van der Waals surface area (Å²) in [6, 6.07) is 1.08. The fourth-order valence-electron chi connectivity index (χ4n) is 4.39. The molecule has 142 valence electrons. The molecule has 0 spiro atoms. The van der Waals surface area contributed by atoms with Crippen LogP contribution in [0.2, 0.25) is 0 Å². The molecule has 6 heteroatoms. The Labute approximate surface area is 156 Å². The van der Waals surface area contributed by atoms with E-state index in [1.807, 2.05) is 6.92 Å². The van der Waals surface area contributed by atoms with Crippen LogP contribution in [-0.4, -0.2) is 59.0 Å². The molecule has 1 aliphatic carbocycles. The van der Waals surface area contributed by atoms with Crippen LogP contribution in [0.5, 0.6) is 0 Å². The fraction of sp³-hybridized carbons (Fsp3) is 0.750. The van der Waals surface area contributed by atoms with Crippen molar-refractivity contribution in [2.24, 2.45) is 5.92 Å². The van der Waals surface area contributed by atoms with Crippen LogP contribution in [-0.2, 0) is 4.79 Å². The number of aromatic nitrogens is 2. The number of rotatable bonds is 4. The van der Waals surface area contributed by atoms with E-state index in [2.05, 4.69) is 32.0 Å². The maximum atomic E-state index is 12.4. The Kier molecular flexibility index (Phi) is 5.11. The van der Waals surface area contributed by atoms with E-state index in [0.717, 1.165) is 63.4 Å². The second-order valence-electron chi connectivity index (χ2n) is 8.24. The normalized spacial score (nSPS) is 25.3. The van der Waals surface area contributed by atoms with Gasteiger partial charge in [0.2, 0.25) is 5.91 Å². The van der Waals surface area contributed by atoms with Crippen molar-refractivity contribution in [1.82, 2.24) is 20.2 Å². The topological polar surface area (TPSA) is 61.4 Å². The second kappa shape index (κ2) is 7.51. The van der Waals surface area contributed by atoms with Gasteiger partial charge in [-0.1, -0.05) is 0 Å². The molecule has 26 heavy (non-hydrogen) atoms. The van der Waals surface area contributed by atoms with Gasteiger partial charge in [0.25, 0.3) is 0 Å². The Morgan fingerprint density at radius 2 is 1.85 bits per heavy atom. The zero-order chi connectivity index (χ0) is 18.1. The number of nitrogens with one attached hydrogen (secondary N) is 1. The molecule has 0 radical (unpaired) electrons. The standard InChI is InChI=1S/C20H31N5O/c1-14-15(2)21-13-22-19(14)24-10-7-18(8-11-24)25-9-3-4-16(12-25)20(26)23-17-5-6-17/h13,16-18H,3-12H2,1-2H3,(H,23,26). The van der Waals surface area contributed by atoms with Crippen molar-refractivity contribution in [2.45, 2.75) is 64.5 Å². The lowest BCUT2D eigenvalue weighted by Crippen LogP contribution is -2.51. The Bertz CT molecular complexity index is 652. The third-order valence-corrected chi connectivity index (χ3v) is 6.34. The monoisotopic (exact) mass is 357 g/mol. The minimum Gasteiger partial charge on any atom is -0.356 e. The fourth-order valence-corrected chi connectivity index (χ4v) is 4.39. The molecule has 3 aliphatic rings. The number of piperidine rings is 2. The highest BCUT2D eigenvalue weighted by Crippen LogP contribution is 2.28. The van der Waals surface area contributed by atoms with Crippen LogP contribution < -0.4 is 10.2 Å². The molecule has 0 bridgehead atoms. The van der Waals surface area contributed by atoms with Gasteiger partial charge in [-0.25, -0.2) is 9.97 Å². The van der Waals surface area contributed by atoms with Gasteiger partial charge in [0, 0.05) is 43.0 Å². The molecule has 1 N–H and O–H groups in total.